The number of aromatic nitrogens is 2. The van der Waals surface area contributed by atoms with Gasteiger partial charge in [0.05, 0.1) is 29.7 Å². The zero-order valence-corrected chi connectivity index (χ0v) is 15.1. The number of pyridine rings is 1. The van der Waals surface area contributed by atoms with Crippen LogP contribution in [0.4, 0.5) is 0 Å². The lowest BCUT2D eigenvalue weighted by Crippen LogP contribution is -2.20. The molecule has 0 fully saturated rings. The maximum Gasteiger partial charge on any atom is 0.0994 e. The molecule has 0 spiro atoms. The molecule has 0 aliphatic rings. The van der Waals surface area contributed by atoms with Crippen molar-refractivity contribution in [2.24, 2.45) is 0 Å². The summed E-state index contributed by atoms with van der Waals surface area (Å²) in [5, 5.41) is 12.6. The second-order valence-electron chi connectivity index (χ2n) is 6.58. The Morgan fingerprint density at radius 3 is 2.56 bits per heavy atom. The zero-order valence-electron chi connectivity index (χ0n) is 15.1. The standard InChI is InChI=1S/C23H20N4/c1-17(19-9-7-18(13-24)8-10-19)26-15-23-22(20-5-3-2-4-6-20)12-11-21-14-25-16-27(21)23/h2-12,14,16-17,26H,15H2,1H3. The van der Waals surface area contributed by atoms with E-state index in [1.54, 1.807) is 0 Å². The third kappa shape index (κ3) is 3.46. The summed E-state index contributed by atoms with van der Waals surface area (Å²) in [6.07, 6.45) is 3.74. The average Bonchev–Trinajstić information content (AvgIpc) is 3.21. The molecule has 2 aromatic heterocycles. The van der Waals surface area contributed by atoms with E-state index in [1.165, 1.54) is 16.8 Å². The summed E-state index contributed by atoms with van der Waals surface area (Å²) in [7, 11) is 0. The van der Waals surface area contributed by atoms with Gasteiger partial charge in [-0.1, -0.05) is 48.5 Å². The Hall–Kier alpha value is -3.42. The van der Waals surface area contributed by atoms with Crippen LogP contribution in [0.15, 0.2) is 79.3 Å². The number of hydrogen-bond acceptors (Lipinski definition) is 3. The van der Waals surface area contributed by atoms with E-state index < -0.39 is 0 Å². The minimum absolute atomic E-state index is 0.167. The Morgan fingerprint density at radius 1 is 1.04 bits per heavy atom. The fourth-order valence-corrected chi connectivity index (χ4v) is 3.32. The number of hydrogen-bond donors (Lipinski definition) is 1. The van der Waals surface area contributed by atoms with E-state index in [1.807, 2.05) is 42.9 Å². The summed E-state index contributed by atoms with van der Waals surface area (Å²) in [6.45, 7) is 2.84. The predicted octanol–water partition coefficient (Wildman–Crippen LogP) is 4.72. The van der Waals surface area contributed by atoms with Crippen LogP contribution >= 0.6 is 0 Å². The number of nitrogens with zero attached hydrogens (tertiary/aromatic N) is 3. The van der Waals surface area contributed by atoms with Crippen molar-refractivity contribution in [3.63, 3.8) is 0 Å². The van der Waals surface area contributed by atoms with Crippen LogP contribution in [0, 0.1) is 11.3 Å². The molecule has 0 saturated heterocycles. The van der Waals surface area contributed by atoms with Crippen molar-refractivity contribution in [1.82, 2.24) is 14.7 Å². The van der Waals surface area contributed by atoms with Gasteiger partial charge in [0, 0.05) is 23.8 Å². The lowest BCUT2D eigenvalue weighted by molar-refractivity contribution is 0.565. The van der Waals surface area contributed by atoms with Crippen LogP contribution in [0.2, 0.25) is 0 Å². The van der Waals surface area contributed by atoms with Crippen molar-refractivity contribution in [3.05, 3.63) is 96.1 Å². The summed E-state index contributed by atoms with van der Waals surface area (Å²) in [5.74, 6) is 0. The van der Waals surface area contributed by atoms with E-state index in [9.17, 15) is 0 Å². The molecule has 0 aliphatic carbocycles. The van der Waals surface area contributed by atoms with Crippen LogP contribution in [0.1, 0.15) is 29.8 Å². The van der Waals surface area contributed by atoms with Gasteiger partial charge >= 0.3 is 0 Å². The normalized spacial score (nSPS) is 12.0. The highest BCUT2D eigenvalue weighted by atomic mass is 15.0. The van der Waals surface area contributed by atoms with Crippen molar-refractivity contribution in [1.29, 1.82) is 5.26 Å². The van der Waals surface area contributed by atoms with Gasteiger partial charge in [0.2, 0.25) is 0 Å². The molecular weight excluding hydrogens is 332 g/mol. The first kappa shape index (κ1) is 17.0. The van der Waals surface area contributed by atoms with Crippen molar-refractivity contribution < 1.29 is 0 Å². The van der Waals surface area contributed by atoms with Crippen LogP contribution < -0.4 is 5.32 Å². The summed E-state index contributed by atoms with van der Waals surface area (Å²) in [4.78, 5) is 4.31. The summed E-state index contributed by atoms with van der Waals surface area (Å²) in [6, 6.07) is 24.7. The van der Waals surface area contributed by atoms with Gasteiger partial charge in [-0.15, -0.1) is 0 Å². The summed E-state index contributed by atoms with van der Waals surface area (Å²) >= 11 is 0. The molecule has 132 valence electrons. The molecule has 0 amide bonds. The van der Waals surface area contributed by atoms with Gasteiger partial charge in [0.15, 0.2) is 0 Å². The van der Waals surface area contributed by atoms with Gasteiger partial charge in [-0.3, -0.25) is 0 Å². The Bertz CT molecular complexity index is 1090. The zero-order chi connectivity index (χ0) is 18.6. The molecule has 0 saturated carbocycles. The molecule has 4 heteroatoms. The maximum absolute atomic E-state index is 8.96. The SMILES string of the molecule is CC(NCc1c(-c2ccccc2)ccc2cncn12)c1ccc(C#N)cc1. The molecule has 4 rings (SSSR count). The molecule has 1 atom stereocenters. The minimum atomic E-state index is 0.167. The first-order valence-corrected chi connectivity index (χ1v) is 8.99. The largest absolute Gasteiger partial charge is 0.305 e. The van der Waals surface area contributed by atoms with Gasteiger partial charge < -0.3 is 9.72 Å². The van der Waals surface area contributed by atoms with Crippen molar-refractivity contribution in [2.45, 2.75) is 19.5 Å². The average molecular weight is 352 g/mol. The van der Waals surface area contributed by atoms with Crippen LogP contribution in [0.5, 0.6) is 0 Å². The maximum atomic E-state index is 8.96. The van der Waals surface area contributed by atoms with Crippen molar-refractivity contribution in [3.8, 4) is 17.2 Å². The van der Waals surface area contributed by atoms with Crippen molar-refractivity contribution in [2.75, 3.05) is 0 Å². The number of imidazole rings is 1. The van der Waals surface area contributed by atoms with E-state index in [0.717, 1.165) is 11.1 Å². The molecule has 4 nitrogen and oxygen atoms in total. The van der Waals surface area contributed by atoms with E-state index in [0.29, 0.717) is 12.1 Å². The Labute approximate surface area is 158 Å². The smallest absolute Gasteiger partial charge is 0.0994 e. The number of benzene rings is 2. The fraction of sp³-hybridized carbons (Fsp3) is 0.130. The van der Waals surface area contributed by atoms with E-state index in [-0.39, 0.29) is 6.04 Å². The molecule has 4 aromatic rings. The number of rotatable bonds is 5. The summed E-state index contributed by atoms with van der Waals surface area (Å²) in [5.41, 5.74) is 6.49. The van der Waals surface area contributed by atoms with Crippen LogP contribution in [-0.2, 0) is 6.54 Å². The van der Waals surface area contributed by atoms with Crippen LogP contribution in [0.25, 0.3) is 16.6 Å². The molecule has 2 heterocycles. The minimum Gasteiger partial charge on any atom is -0.305 e. The lowest BCUT2D eigenvalue weighted by atomic mass is 10.0. The molecule has 27 heavy (non-hydrogen) atoms. The quantitative estimate of drug-likeness (QED) is 0.565. The molecule has 1 unspecified atom stereocenters. The first-order chi connectivity index (χ1) is 13.3. The molecule has 0 radical (unpaired) electrons. The fourth-order valence-electron chi connectivity index (χ4n) is 3.32. The molecule has 2 aromatic carbocycles. The molecule has 0 bridgehead atoms. The van der Waals surface area contributed by atoms with Crippen molar-refractivity contribution >= 4 is 5.52 Å². The van der Waals surface area contributed by atoms with Gasteiger partial charge in [0.1, 0.15) is 0 Å². The third-order valence-corrected chi connectivity index (χ3v) is 4.89. The second kappa shape index (κ2) is 7.45. The number of nitrogens with one attached hydrogen (secondary N) is 1. The van der Waals surface area contributed by atoms with Crippen LogP contribution in [-0.4, -0.2) is 9.38 Å². The van der Waals surface area contributed by atoms with E-state index >= 15 is 0 Å². The first-order valence-electron chi connectivity index (χ1n) is 8.99. The highest BCUT2D eigenvalue weighted by Gasteiger charge is 2.12. The van der Waals surface area contributed by atoms with E-state index in [2.05, 4.69) is 64.1 Å². The number of fused-ring (bicyclic) bond motifs is 1. The van der Waals surface area contributed by atoms with Gasteiger partial charge in [-0.25, -0.2) is 4.98 Å². The number of nitriles is 1. The topological polar surface area (TPSA) is 53.1 Å². The highest BCUT2D eigenvalue weighted by Crippen LogP contribution is 2.26. The molecule has 0 aliphatic heterocycles. The molecule has 1 N–H and O–H groups in total. The molecular formula is C23H20N4. The highest BCUT2D eigenvalue weighted by molar-refractivity contribution is 5.69. The Kier molecular flexibility index (Phi) is 4.69. The predicted molar refractivity (Wildman–Crippen MR) is 107 cm³/mol. The Morgan fingerprint density at radius 2 is 1.81 bits per heavy atom. The Balaban J connectivity index is 1.64. The lowest BCUT2D eigenvalue weighted by Gasteiger charge is -2.18. The van der Waals surface area contributed by atoms with Crippen LogP contribution in [0.3, 0.4) is 0 Å². The third-order valence-electron chi connectivity index (χ3n) is 4.89. The monoisotopic (exact) mass is 352 g/mol. The van der Waals surface area contributed by atoms with Gasteiger partial charge in [0.25, 0.3) is 0 Å². The van der Waals surface area contributed by atoms with Gasteiger partial charge in [-0.05, 0) is 36.2 Å². The van der Waals surface area contributed by atoms with E-state index in [4.69, 9.17) is 5.26 Å². The second-order valence-corrected chi connectivity index (χ2v) is 6.58. The summed E-state index contributed by atoms with van der Waals surface area (Å²) < 4.78 is 2.14. The van der Waals surface area contributed by atoms with Gasteiger partial charge in [-0.2, -0.15) is 5.26 Å².